The van der Waals surface area contributed by atoms with Crippen LogP contribution >= 0.6 is 11.3 Å². The predicted octanol–water partition coefficient (Wildman–Crippen LogP) is 4.20. The number of rotatable bonds is 9. The van der Waals surface area contributed by atoms with Crippen LogP contribution in [0.15, 0.2) is 41.8 Å². The van der Waals surface area contributed by atoms with Crippen LogP contribution < -0.4 is 10.1 Å². The van der Waals surface area contributed by atoms with Crippen molar-refractivity contribution in [2.45, 2.75) is 45.1 Å². The van der Waals surface area contributed by atoms with Crippen molar-refractivity contribution in [3.8, 4) is 5.75 Å². The molecule has 156 valence electrons. The predicted molar refractivity (Wildman–Crippen MR) is 116 cm³/mol. The third-order valence-electron chi connectivity index (χ3n) is 5.50. The molecular weight excluding hydrogens is 384 g/mol. The number of ether oxygens (including phenoxy) is 1. The quantitative estimate of drug-likeness (QED) is 0.669. The summed E-state index contributed by atoms with van der Waals surface area (Å²) in [6, 6.07) is 11.6. The summed E-state index contributed by atoms with van der Waals surface area (Å²) < 4.78 is 5.58. The van der Waals surface area contributed by atoms with Crippen molar-refractivity contribution in [1.29, 1.82) is 0 Å². The molecule has 1 saturated heterocycles. The number of carbonyl (C=O) groups is 2. The van der Waals surface area contributed by atoms with E-state index in [-0.39, 0.29) is 23.8 Å². The Morgan fingerprint density at radius 1 is 1.28 bits per heavy atom. The molecule has 1 aliphatic heterocycles. The van der Waals surface area contributed by atoms with Gasteiger partial charge in [-0.1, -0.05) is 37.6 Å². The number of hydrogen-bond acceptors (Lipinski definition) is 4. The van der Waals surface area contributed by atoms with E-state index in [1.54, 1.807) is 18.4 Å². The van der Waals surface area contributed by atoms with Crippen LogP contribution in [0.3, 0.4) is 0 Å². The first-order valence-electron chi connectivity index (χ1n) is 10.4. The number of benzene rings is 1. The van der Waals surface area contributed by atoms with Crippen LogP contribution in [0.4, 0.5) is 0 Å². The average Bonchev–Trinajstić information content (AvgIpc) is 3.26. The van der Waals surface area contributed by atoms with Gasteiger partial charge in [0.1, 0.15) is 5.75 Å². The van der Waals surface area contributed by atoms with Gasteiger partial charge in [-0.25, -0.2) is 0 Å². The number of para-hydroxylation sites is 1. The first-order valence-corrected chi connectivity index (χ1v) is 11.3. The second-order valence-corrected chi connectivity index (χ2v) is 8.43. The number of hydrogen-bond donors (Lipinski definition) is 1. The van der Waals surface area contributed by atoms with Crippen molar-refractivity contribution in [1.82, 2.24) is 10.2 Å². The van der Waals surface area contributed by atoms with E-state index in [1.165, 1.54) is 4.88 Å². The molecule has 6 heteroatoms. The monoisotopic (exact) mass is 414 g/mol. The lowest BCUT2D eigenvalue weighted by Crippen LogP contribution is -2.48. The molecule has 2 heterocycles. The third kappa shape index (κ3) is 5.18. The fourth-order valence-electron chi connectivity index (χ4n) is 4.01. The van der Waals surface area contributed by atoms with E-state index < -0.39 is 0 Å². The van der Waals surface area contributed by atoms with E-state index in [9.17, 15) is 9.59 Å². The standard InChI is InChI=1S/C23H30N2O3S/c1-3-4-15-25-21(26)12-11-19(22(25)18-9-5-6-10-20(18)28-2)23(27)24-14-13-17-8-7-16-29-17/h5-10,16,19,22H,3-4,11-15H2,1-2H3,(H,24,27). The van der Waals surface area contributed by atoms with E-state index >= 15 is 0 Å². The molecule has 1 N–H and O–H groups in total. The van der Waals surface area contributed by atoms with Crippen LogP contribution in [0.25, 0.3) is 0 Å². The van der Waals surface area contributed by atoms with Gasteiger partial charge in [0.15, 0.2) is 0 Å². The summed E-state index contributed by atoms with van der Waals surface area (Å²) in [4.78, 5) is 29.1. The first-order chi connectivity index (χ1) is 14.2. The van der Waals surface area contributed by atoms with Gasteiger partial charge >= 0.3 is 0 Å². The van der Waals surface area contributed by atoms with Gasteiger partial charge in [0.25, 0.3) is 0 Å². The molecule has 1 fully saturated rings. The van der Waals surface area contributed by atoms with Crippen molar-refractivity contribution in [3.63, 3.8) is 0 Å². The van der Waals surface area contributed by atoms with Gasteiger partial charge < -0.3 is 15.0 Å². The highest BCUT2D eigenvalue weighted by atomic mass is 32.1. The number of nitrogens with zero attached hydrogens (tertiary/aromatic N) is 1. The van der Waals surface area contributed by atoms with Gasteiger partial charge in [-0.2, -0.15) is 0 Å². The number of amides is 2. The van der Waals surface area contributed by atoms with Gasteiger partial charge in [-0.15, -0.1) is 11.3 Å². The highest BCUT2D eigenvalue weighted by Crippen LogP contribution is 2.40. The number of nitrogens with one attached hydrogen (secondary N) is 1. The molecule has 0 spiro atoms. The van der Waals surface area contributed by atoms with Gasteiger partial charge in [-0.3, -0.25) is 9.59 Å². The molecule has 1 aliphatic rings. The SMILES string of the molecule is CCCCN1C(=O)CCC(C(=O)NCCc2cccs2)C1c1ccccc1OC. The van der Waals surface area contributed by atoms with Crippen molar-refractivity contribution in [2.24, 2.45) is 5.92 Å². The topological polar surface area (TPSA) is 58.6 Å². The summed E-state index contributed by atoms with van der Waals surface area (Å²) in [5, 5.41) is 5.16. The maximum atomic E-state index is 13.1. The van der Waals surface area contributed by atoms with E-state index in [1.807, 2.05) is 40.6 Å². The summed E-state index contributed by atoms with van der Waals surface area (Å²) in [6.45, 7) is 3.38. The zero-order valence-electron chi connectivity index (χ0n) is 17.2. The van der Waals surface area contributed by atoms with Crippen LogP contribution in [-0.2, 0) is 16.0 Å². The number of methoxy groups -OCH3 is 1. The normalized spacial score (nSPS) is 19.2. The minimum absolute atomic E-state index is 0.0199. The molecule has 1 aromatic carbocycles. The summed E-state index contributed by atoms with van der Waals surface area (Å²) in [7, 11) is 1.63. The minimum Gasteiger partial charge on any atom is -0.496 e. The Bertz CT molecular complexity index is 806. The average molecular weight is 415 g/mol. The molecule has 2 aromatic rings. The molecule has 5 nitrogen and oxygen atoms in total. The molecule has 0 radical (unpaired) electrons. The molecule has 1 aromatic heterocycles. The van der Waals surface area contributed by atoms with Gasteiger partial charge in [-0.05, 0) is 36.8 Å². The Kier molecular flexibility index (Phi) is 7.69. The molecule has 2 unspecified atom stereocenters. The molecule has 0 bridgehead atoms. The Morgan fingerprint density at radius 3 is 2.83 bits per heavy atom. The lowest BCUT2D eigenvalue weighted by atomic mass is 9.83. The number of likely N-dealkylation sites (tertiary alicyclic amines) is 1. The first kappa shape index (κ1) is 21.4. The maximum Gasteiger partial charge on any atom is 0.225 e. The molecule has 0 saturated carbocycles. The number of carbonyl (C=O) groups excluding carboxylic acids is 2. The molecular formula is C23H30N2O3S. The van der Waals surface area contributed by atoms with E-state index in [4.69, 9.17) is 4.74 Å². The van der Waals surface area contributed by atoms with Crippen LogP contribution in [0.5, 0.6) is 5.75 Å². The fourth-order valence-corrected chi connectivity index (χ4v) is 4.72. The fraction of sp³-hybridized carbons (Fsp3) is 0.478. The number of piperidine rings is 1. The molecule has 3 rings (SSSR count). The third-order valence-corrected chi connectivity index (χ3v) is 6.44. The zero-order chi connectivity index (χ0) is 20.6. The highest BCUT2D eigenvalue weighted by Gasteiger charge is 2.41. The van der Waals surface area contributed by atoms with E-state index in [0.717, 1.165) is 30.6 Å². The van der Waals surface area contributed by atoms with Crippen LogP contribution in [0.2, 0.25) is 0 Å². The highest BCUT2D eigenvalue weighted by molar-refractivity contribution is 7.09. The smallest absolute Gasteiger partial charge is 0.225 e. The Morgan fingerprint density at radius 2 is 2.10 bits per heavy atom. The van der Waals surface area contributed by atoms with Gasteiger partial charge in [0.05, 0.1) is 19.1 Å². The minimum atomic E-state index is -0.291. The van der Waals surface area contributed by atoms with Crippen LogP contribution in [0, 0.1) is 5.92 Å². The lowest BCUT2D eigenvalue weighted by molar-refractivity contribution is -0.143. The molecule has 2 atom stereocenters. The largest absolute Gasteiger partial charge is 0.496 e. The Labute approximate surface area is 177 Å². The molecule has 0 aliphatic carbocycles. The summed E-state index contributed by atoms with van der Waals surface area (Å²) in [5.41, 5.74) is 0.914. The van der Waals surface area contributed by atoms with Crippen molar-refractivity contribution in [3.05, 3.63) is 52.2 Å². The zero-order valence-corrected chi connectivity index (χ0v) is 18.0. The lowest BCUT2D eigenvalue weighted by Gasteiger charge is -2.41. The molecule has 29 heavy (non-hydrogen) atoms. The van der Waals surface area contributed by atoms with E-state index in [0.29, 0.717) is 25.9 Å². The Balaban J connectivity index is 1.82. The van der Waals surface area contributed by atoms with E-state index in [2.05, 4.69) is 18.3 Å². The van der Waals surface area contributed by atoms with Crippen molar-refractivity contribution >= 4 is 23.2 Å². The molecule has 2 amide bonds. The number of unbranched alkanes of at least 4 members (excludes halogenated alkanes) is 1. The second kappa shape index (κ2) is 10.4. The van der Waals surface area contributed by atoms with Crippen LogP contribution in [0.1, 0.15) is 49.1 Å². The second-order valence-electron chi connectivity index (χ2n) is 7.39. The Hall–Kier alpha value is -2.34. The number of thiophene rings is 1. The summed E-state index contributed by atoms with van der Waals surface area (Å²) in [6.07, 6.45) is 3.73. The van der Waals surface area contributed by atoms with Crippen molar-refractivity contribution < 1.29 is 14.3 Å². The van der Waals surface area contributed by atoms with Gasteiger partial charge in [0.2, 0.25) is 11.8 Å². The summed E-state index contributed by atoms with van der Waals surface area (Å²) >= 11 is 1.70. The van der Waals surface area contributed by atoms with Crippen LogP contribution in [-0.4, -0.2) is 36.9 Å². The summed E-state index contributed by atoms with van der Waals surface area (Å²) in [5.74, 6) is 0.595. The maximum absolute atomic E-state index is 13.1. The van der Waals surface area contributed by atoms with Crippen molar-refractivity contribution in [2.75, 3.05) is 20.2 Å². The van der Waals surface area contributed by atoms with Gasteiger partial charge in [0, 0.05) is 30.0 Å².